The van der Waals surface area contributed by atoms with Gasteiger partial charge in [-0.3, -0.25) is 4.79 Å². The molecule has 0 saturated carbocycles. The van der Waals surface area contributed by atoms with Crippen LogP contribution in [0.5, 0.6) is 0 Å². The normalized spacial score (nSPS) is 12.0. The molecule has 0 fully saturated rings. The minimum Gasteiger partial charge on any atom is -0.399 e. The Morgan fingerprint density at radius 1 is 1.19 bits per heavy atom. The average molecular weight is 286 g/mol. The summed E-state index contributed by atoms with van der Waals surface area (Å²) < 4.78 is 13.0. The van der Waals surface area contributed by atoms with E-state index in [1.165, 1.54) is 12.1 Å². The molecule has 0 bridgehead atoms. The van der Waals surface area contributed by atoms with E-state index in [0.717, 1.165) is 11.1 Å². The molecule has 0 radical (unpaired) electrons. The molecule has 0 aliphatic carbocycles. The predicted molar refractivity (Wildman–Crippen MR) is 82.5 cm³/mol. The first kappa shape index (κ1) is 15.0. The largest absolute Gasteiger partial charge is 0.399 e. The molecule has 0 aliphatic rings. The van der Waals surface area contributed by atoms with E-state index in [1.54, 1.807) is 42.3 Å². The molecule has 110 valence electrons. The summed E-state index contributed by atoms with van der Waals surface area (Å²) in [5.41, 5.74) is 8.71. The van der Waals surface area contributed by atoms with Crippen LogP contribution in [0.4, 0.5) is 10.1 Å². The van der Waals surface area contributed by atoms with E-state index in [-0.39, 0.29) is 17.8 Å². The average Bonchev–Trinajstić information content (AvgIpc) is 2.46. The van der Waals surface area contributed by atoms with Gasteiger partial charge in [-0.05, 0) is 55.3 Å². The van der Waals surface area contributed by atoms with Gasteiger partial charge in [-0.15, -0.1) is 0 Å². The lowest BCUT2D eigenvalue weighted by molar-refractivity contribution is 0.0742. The number of nitrogen functional groups attached to an aromatic ring is 1. The van der Waals surface area contributed by atoms with Gasteiger partial charge >= 0.3 is 0 Å². The highest BCUT2D eigenvalue weighted by molar-refractivity contribution is 5.96. The van der Waals surface area contributed by atoms with Crippen molar-refractivity contribution in [2.45, 2.75) is 19.9 Å². The lowest BCUT2D eigenvalue weighted by Crippen LogP contribution is -2.30. The lowest BCUT2D eigenvalue weighted by atomic mass is 10.0. The fraction of sp³-hybridized carbons (Fsp3) is 0.235. The van der Waals surface area contributed by atoms with Crippen LogP contribution in [-0.2, 0) is 0 Å². The third-order valence-electron chi connectivity index (χ3n) is 3.73. The number of benzene rings is 2. The fourth-order valence-electron chi connectivity index (χ4n) is 2.26. The second-order valence-electron chi connectivity index (χ2n) is 5.22. The topological polar surface area (TPSA) is 46.3 Å². The zero-order valence-electron chi connectivity index (χ0n) is 12.4. The van der Waals surface area contributed by atoms with Gasteiger partial charge in [0.15, 0.2) is 0 Å². The van der Waals surface area contributed by atoms with Crippen LogP contribution in [0.3, 0.4) is 0 Å². The highest BCUT2D eigenvalue weighted by atomic mass is 19.1. The first-order valence-electron chi connectivity index (χ1n) is 6.79. The van der Waals surface area contributed by atoms with Gasteiger partial charge in [0.05, 0.1) is 6.04 Å². The molecule has 1 unspecified atom stereocenters. The Morgan fingerprint density at radius 2 is 1.81 bits per heavy atom. The van der Waals surface area contributed by atoms with Gasteiger partial charge in [0, 0.05) is 18.3 Å². The van der Waals surface area contributed by atoms with Gasteiger partial charge in [0.1, 0.15) is 5.82 Å². The van der Waals surface area contributed by atoms with Gasteiger partial charge in [-0.1, -0.05) is 12.1 Å². The molecule has 0 spiro atoms. The first-order valence-corrected chi connectivity index (χ1v) is 6.79. The highest BCUT2D eigenvalue weighted by Crippen LogP contribution is 2.22. The smallest absolute Gasteiger partial charge is 0.254 e. The molecule has 0 aliphatic heterocycles. The van der Waals surface area contributed by atoms with Crippen molar-refractivity contribution in [3.05, 3.63) is 65.0 Å². The third-order valence-corrected chi connectivity index (χ3v) is 3.73. The summed E-state index contributed by atoms with van der Waals surface area (Å²) in [7, 11) is 1.74. The van der Waals surface area contributed by atoms with Crippen molar-refractivity contribution in [2.75, 3.05) is 12.8 Å². The van der Waals surface area contributed by atoms with Crippen LogP contribution in [0.2, 0.25) is 0 Å². The maximum absolute atomic E-state index is 13.0. The monoisotopic (exact) mass is 286 g/mol. The Balaban J connectivity index is 2.24. The molecule has 1 atom stereocenters. The van der Waals surface area contributed by atoms with Crippen LogP contribution in [0.15, 0.2) is 42.5 Å². The van der Waals surface area contributed by atoms with Crippen molar-refractivity contribution in [1.29, 1.82) is 0 Å². The molecular weight excluding hydrogens is 267 g/mol. The van der Waals surface area contributed by atoms with Crippen molar-refractivity contribution in [1.82, 2.24) is 4.90 Å². The van der Waals surface area contributed by atoms with Gasteiger partial charge in [-0.25, -0.2) is 4.39 Å². The van der Waals surface area contributed by atoms with Gasteiger partial charge in [0.2, 0.25) is 0 Å². The standard InChI is InChI=1S/C17H19FN2O/c1-11-10-15(19)8-9-16(11)17(21)20(3)12(2)13-4-6-14(18)7-5-13/h4-10,12H,19H2,1-3H3. The van der Waals surface area contributed by atoms with E-state index in [4.69, 9.17) is 5.73 Å². The minimum absolute atomic E-state index is 0.0793. The molecular formula is C17H19FN2O. The molecule has 0 heterocycles. The Hall–Kier alpha value is -2.36. The number of hydrogen-bond acceptors (Lipinski definition) is 2. The molecule has 3 nitrogen and oxygen atoms in total. The Bertz CT molecular complexity index is 652. The van der Waals surface area contributed by atoms with Gasteiger partial charge in [-0.2, -0.15) is 0 Å². The van der Waals surface area contributed by atoms with Gasteiger partial charge in [0.25, 0.3) is 5.91 Å². The SMILES string of the molecule is Cc1cc(N)ccc1C(=O)N(C)C(C)c1ccc(F)cc1. The Kier molecular flexibility index (Phi) is 4.26. The van der Waals surface area contributed by atoms with Crippen molar-refractivity contribution in [3.63, 3.8) is 0 Å². The van der Waals surface area contributed by atoms with Crippen LogP contribution in [-0.4, -0.2) is 17.9 Å². The maximum atomic E-state index is 13.0. The molecule has 2 rings (SSSR count). The molecule has 2 aromatic rings. The van der Waals surface area contributed by atoms with E-state index >= 15 is 0 Å². The van der Waals surface area contributed by atoms with Crippen LogP contribution in [0.25, 0.3) is 0 Å². The number of carbonyl (C=O) groups excluding carboxylic acids is 1. The molecule has 0 aromatic heterocycles. The summed E-state index contributed by atoms with van der Waals surface area (Å²) in [6.07, 6.45) is 0. The number of hydrogen-bond donors (Lipinski definition) is 1. The molecule has 4 heteroatoms. The Morgan fingerprint density at radius 3 is 2.38 bits per heavy atom. The van der Waals surface area contributed by atoms with Crippen LogP contribution >= 0.6 is 0 Å². The van der Waals surface area contributed by atoms with Crippen molar-refractivity contribution in [3.8, 4) is 0 Å². The maximum Gasteiger partial charge on any atom is 0.254 e. The summed E-state index contributed by atoms with van der Waals surface area (Å²) in [5.74, 6) is -0.362. The fourth-order valence-corrected chi connectivity index (χ4v) is 2.26. The number of anilines is 1. The van der Waals surface area contributed by atoms with E-state index in [9.17, 15) is 9.18 Å². The first-order chi connectivity index (χ1) is 9.90. The number of carbonyl (C=O) groups is 1. The molecule has 2 aromatic carbocycles. The summed E-state index contributed by atoms with van der Waals surface area (Å²) in [5, 5.41) is 0. The summed E-state index contributed by atoms with van der Waals surface area (Å²) >= 11 is 0. The van der Waals surface area contributed by atoms with Crippen LogP contribution < -0.4 is 5.73 Å². The highest BCUT2D eigenvalue weighted by Gasteiger charge is 2.20. The molecule has 1 amide bonds. The minimum atomic E-state index is -0.283. The number of nitrogens with zero attached hydrogens (tertiary/aromatic N) is 1. The number of halogens is 1. The van der Waals surface area contributed by atoms with Crippen molar-refractivity contribution < 1.29 is 9.18 Å². The molecule has 2 N–H and O–H groups in total. The van der Waals surface area contributed by atoms with E-state index < -0.39 is 0 Å². The summed E-state index contributed by atoms with van der Waals surface area (Å²) in [4.78, 5) is 14.2. The van der Waals surface area contributed by atoms with Gasteiger partial charge < -0.3 is 10.6 Å². The second-order valence-corrected chi connectivity index (χ2v) is 5.22. The number of rotatable bonds is 3. The molecule has 0 saturated heterocycles. The Labute approximate surface area is 124 Å². The zero-order valence-corrected chi connectivity index (χ0v) is 12.4. The zero-order chi connectivity index (χ0) is 15.6. The summed E-state index contributed by atoms with van der Waals surface area (Å²) in [6.45, 7) is 3.78. The van der Waals surface area contributed by atoms with Crippen molar-refractivity contribution in [2.24, 2.45) is 0 Å². The van der Waals surface area contributed by atoms with E-state index in [0.29, 0.717) is 11.3 Å². The van der Waals surface area contributed by atoms with E-state index in [1.807, 2.05) is 13.8 Å². The van der Waals surface area contributed by atoms with Crippen LogP contribution in [0, 0.1) is 12.7 Å². The number of amides is 1. The number of nitrogens with two attached hydrogens (primary N) is 1. The van der Waals surface area contributed by atoms with E-state index in [2.05, 4.69) is 0 Å². The number of aryl methyl sites for hydroxylation is 1. The second kappa shape index (κ2) is 5.95. The molecule has 21 heavy (non-hydrogen) atoms. The summed E-state index contributed by atoms with van der Waals surface area (Å²) in [6, 6.07) is 11.3. The third kappa shape index (κ3) is 3.21. The van der Waals surface area contributed by atoms with Crippen molar-refractivity contribution >= 4 is 11.6 Å². The quantitative estimate of drug-likeness (QED) is 0.877. The lowest BCUT2D eigenvalue weighted by Gasteiger charge is -2.26. The van der Waals surface area contributed by atoms with Crippen LogP contribution in [0.1, 0.15) is 34.5 Å². The predicted octanol–water partition coefficient (Wildman–Crippen LogP) is 3.55.